The van der Waals surface area contributed by atoms with Crippen molar-refractivity contribution in [2.75, 3.05) is 11.9 Å². The molecule has 4 heteroatoms. The first kappa shape index (κ1) is 29.4. The number of anilines is 1. The lowest BCUT2D eigenvalue weighted by Crippen LogP contribution is -2.39. The molecule has 240 valence electrons. The predicted octanol–water partition coefficient (Wildman–Crippen LogP) is 11.5. The van der Waals surface area contributed by atoms with Crippen molar-refractivity contribution in [3.8, 4) is 0 Å². The molecule has 10 rings (SSSR count). The maximum absolute atomic E-state index is 3.96. The number of fused-ring (bicyclic) bond motifs is 7. The van der Waals surface area contributed by atoms with E-state index < -0.39 is 0 Å². The summed E-state index contributed by atoms with van der Waals surface area (Å²) in [6.45, 7) is 0. The van der Waals surface area contributed by atoms with E-state index in [1.807, 2.05) is 11.8 Å². The fourth-order valence-electron chi connectivity index (χ4n) is 7.94. The van der Waals surface area contributed by atoms with Crippen LogP contribution in [-0.2, 0) is 0 Å². The van der Waals surface area contributed by atoms with E-state index in [1.165, 1.54) is 75.9 Å². The van der Waals surface area contributed by atoms with Crippen molar-refractivity contribution in [1.82, 2.24) is 10.6 Å². The van der Waals surface area contributed by atoms with Crippen LogP contribution in [0.4, 0.5) is 5.69 Å². The second-order valence-corrected chi connectivity index (χ2v) is 14.6. The van der Waals surface area contributed by atoms with Gasteiger partial charge >= 0.3 is 0 Å². The zero-order chi connectivity index (χ0) is 33.2. The summed E-state index contributed by atoms with van der Waals surface area (Å²) in [4.78, 5) is 3.80. The molecule has 0 radical (unpaired) electrons. The Morgan fingerprint density at radius 1 is 0.540 bits per heavy atom. The van der Waals surface area contributed by atoms with E-state index >= 15 is 0 Å². The van der Waals surface area contributed by atoms with Crippen LogP contribution in [0.25, 0.3) is 48.8 Å². The highest BCUT2D eigenvalue weighted by Crippen LogP contribution is 2.54. The largest absolute Gasteiger partial charge is 0.366 e. The maximum Gasteiger partial charge on any atom is 0.105 e. The minimum atomic E-state index is -0.0831. The molecule has 2 aliphatic heterocycles. The van der Waals surface area contributed by atoms with Crippen LogP contribution in [0.15, 0.2) is 169 Å². The van der Waals surface area contributed by atoms with Crippen LogP contribution in [0.5, 0.6) is 0 Å². The van der Waals surface area contributed by atoms with Crippen molar-refractivity contribution in [2.45, 2.75) is 22.5 Å². The van der Waals surface area contributed by atoms with E-state index in [9.17, 15) is 0 Å². The topological polar surface area (TPSA) is 27.3 Å². The van der Waals surface area contributed by atoms with Gasteiger partial charge in [-0.05, 0) is 90.3 Å². The van der Waals surface area contributed by atoms with Crippen molar-refractivity contribution >= 4 is 66.2 Å². The van der Waals surface area contributed by atoms with Crippen molar-refractivity contribution in [3.05, 3.63) is 186 Å². The average molecular weight is 662 g/mol. The molecule has 0 bridgehead atoms. The second kappa shape index (κ2) is 11.8. The number of nitrogens with one attached hydrogen (secondary N) is 2. The number of nitrogens with zero attached hydrogens (tertiary/aromatic N) is 1. The highest BCUT2D eigenvalue weighted by atomic mass is 32.2. The molecule has 50 heavy (non-hydrogen) atoms. The molecule has 3 unspecified atom stereocenters. The molecule has 0 fully saturated rings. The number of rotatable bonds is 4. The third-order valence-electron chi connectivity index (χ3n) is 10.5. The summed E-state index contributed by atoms with van der Waals surface area (Å²) in [5.41, 5.74) is 7.46. The second-order valence-electron chi connectivity index (χ2n) is 13.5. The first-order chi connectivity index (χ1) is 24.7. The van der Waals surface area contributed by atoms with Crippen LogP contribution in [0.2, 0.25) is 0 Å². The summed E-state index contributed by atoms with van der Waals surface area (Å²) in [5, 5.41) is 18.3. The molecular formula is C46H35N3S. The Balaban J connectivity index is 1.06. The van der Waals surface area contributed by atoms with Gasteiger partial charge in [0.05, 0.1) is 11.7 Å². The summed E-state index contributed by atoms with van der Waals surface area (Å²) < 4.78 is 0. The summed E-state index contributed by atoms with van der Waals surface area (Å²) >= 11 is 1.94. The molecule has 0 amide bonds. The van der Waals surface area contributed by atoms with E-state index in [1.54, 1.807) is 0 Å². The van der Waals surface area contributed by atoms with Crippen molar-refractivity contribution in [3.63, 3.8) is 0 Å². The van der Waals surface area contributed by atoms with E-state index in [0.717, 1.165) is 5.70 Å². The van der Waals surface area contributed by atoms with Gasteiger partial charge in [0, 0.05) is 23.0 Å². The molecule has 2 N–H and O–H groups in total. The highest BCUT2D eigenvalue weighted by Gasteiger charge is 2.31. The van der Waals surface area contributed by atoms with E-state index in [0.29, 0.717) is 0 Å². The Labute approximate surface area is 296 Å². The van der Waals surface area contributed by atoms with Crippen molar-refractivity contribution in [1.29, 1.82) is 0 Å². The number of benzene rings is 8. The Hall–Kier alpha value is -5.55. The van der Waals surface area contributed by atoms with Crippen molar-refractivity contribution < 1.29 is 0 Å². The third kappa shape index (κ3) is 4.94. The SMILES string of the molecule is CN1c2c(ccc3ccc4cc(C5NC(c6ccc7ccccc7c6)=CC(c6ccc7ccccc7c6)N5)ccc4c23)SC1c1ccccc1. The van der Waals surface area contributed by atoms with Gasteiger partial charge in [0.1, 0.15) is 11.5 Å². The van der Waals surface area contributed by atoms with Crippen LogP contribution >= 0.6 is 11.8 Å². The van der Waals surface area contributed by atoms with Gasteiger partial charge in [-0.1, -0.05) is 145 Å². The van der Waals surface area contributed by atoms with Gasteiger partial charge in [0.25, 0.3) is 0 Å². The predicted molar refractivity (Wildman–Crippen MR) is 213 cm³/mol. The smallest absolute Gasteiger partial charge is 0.105 e. The Bertz CT molecular complexity index is 2630. The molecule has 3 atom stereocenters. The minimum Gasteiger partial charge on any atom is -0.366 e. The van der Waals surface area contributed by atoms with Gasteiger partial charge in [-0.3, -0.25) is 5.32 Å². The van der Waals surface area contributed by atoms with Gasteiger partial charge in [-0.25, -0.2) is 0 Å². The molecule has 8 aromatic carbocycles. The molecule has 0 aromatic heterocycles. The summed E-state index contributed by atoms with van der Waals surface area (Å²) in [6, 6.07) is 57.9. The molecule has 2 heterocycles. The van der Waals surface area contributed by atoms with Crippen LogP contribution in [-0.4, -0.2) is 7.05 Å². The minimum absolute atomic E-state index is 0.0310. The zero-order valence-corrected chi connectivity index (χ0v) is 28.5. The van der Waals surface area contributed by atoms with E-state index in [4.69, 9.17) is 0 Å². The van der Waals surface area contributed by atoms with Crippen LogP contribution in [0.3, 0.4) is 0 Å². The van der Waals surface area contributed by atoms with E-state index in [2.05, 4.69) is 186 Å². The Morgan fingerprint density at radius 3 is 2.00 bits per heavy atom. The average Bonchev–Trinajstić information content (AvgIpc) is 3.53. The van der Waals surface area contributed by atoms with Crippen LogP contribution in [0, 0.1) is 0 Å². The zero-order valence-electron chi connectivity index (χ0n) is 27.7. The molecular weight excluding hydrogens is 627 g/mol. The van der Waals surface area contributed by atoms with Gasteiger partial charge < -0.3 is 10.2 Å². The van der Waals surface area contributed by atoms with Gasteiger partial charge in [-0.2, -0.15) is 0 Å². The van der Waals surface area contributed by atoms with E-state index in [-0.39, 0.29) is 17.6 Å². The quantitative estimate of drug-likeness (QED) is 0.184. The lowest BCUT2D eigenvalue weighted by molar-refractivity contribution is 0.443. The third-order valence-corrected chi connectivity index (χ3v) is 11.9. The first-order valence-corrected chi connectivity index (χ1v) is 18.2. The number of hydrogen-bond acceptors (Lipinski definition) is 4. The molecule has 0 aliphatic carbocycles. The molecule has 2 aliphatic rings. The van der Waals surface area contributed by atoms with Crippen LogP contribution < -0.4 is 15.5 Å². The Morgan fingerprint density at radius 2 is 1.18 bits per heavy atom. The maximum atomic E-state index is 3.96. The molecule has 3 nitrogen and oxygen atoms in total. The monoisotopic (exact) mass is 661 g/mol. The molecule has 8 aromatic rings. The first-order valence-electron chi connectivity index (χ1n) is 17.3. The molecule has 0 saturated heterocycles. The number of thioether (sulfide) groups is 1. The number of hydrogen-bond donors (Lipinski definition) is 2. The van der Waals surface area contributed by atoms with Gasteiger partial charge in [0.2, 0.25) is 0 Å². The fourth-order valence-corrected chi connectivity index (χ4v) is 9.24. The summed E-state index contributed by atoms with van der Waals surface area (Å²) in [6.07, 6.45) is 2.26. The highest BCUT2D eigenvalue weighted by molar-refractivity contribution is 8.00. The lowest BCUT2D eigenvalue weighted by Gasteiger charge is -2.33. The van der Waals surface area contributed by atoms with Crippen LogP contribution in [0.1, 0.15) is 39.8 Å². The molecule has 0 saturated carbocycles. The van der Waals surface area contributed by atoms with Gasteiger partial charge in [0.15, 0.2) is 0 Å². The van der Waals surface area contributed by atoms with Gasteiger partial charge in [-0.15, -0.1) is 0 Å². The fraction of sp³-hybridized carbons (Fsp3) is 0.0870. The normalized spacial score (nSPS) is 18.8. The summed E-state index contributed by atoms with van der Waals surface area (Å²) in [7, 11) is 2.24. The lowest BCUT2D eigenvalue weighted by atomic mass is 9.94. The standard InChI is InChI=1S/C46H35N3S/c1-49-44-42(50-46(49)32-11-3-2-4-12-32)24-22-31-17-18-35-27-38(21-23-39(35)43(31)44)45-47-40(36-19-15-29-9-5-7-13-33(29)25-36)28-41(48-45)37-20-16-30-10-6-8-14-34(30)26-37/h2-28,40,45-48H,1H3. The molecule has 0 spiro atoms. The van der Waals surface area contributed by atoms with Crippen molar-refractivity contribution in [2.24, 2.45) is 0 Å². The summed E-state index contributed by atoms with van der Waals surface area (Å²) in [5.74, 6) is 0. The Kier molecular flexibility index (Phi) is 6.93.